The van der Waals surface area contributed by atoms with Crippen LogP contribution in [-0.4, -0.2) is 94.3 Å². The minimum absolute atomic E-state index is 0.111. The molecule has 11 heteroatoms. The van der Waals surface area contributed by atoms with E-state index >= 15 is 0 Å². The van der Waals surface area contributed by atoms with E-state index in [4.69, 9.17) is 18.9 Å². The molecule has 37 heavy (non-hydrogen) atoms. The summed E-state index contributed by atoms with van der Waals surface area (Å²) in [5, 5.41) is 44.7. The molecule has 206 valence electrons. The van der Waals surface area contributed by atoms with Crippen molar-refractivity contribution in [1.29, 1.82) is 0 Å². The van der Waals surface area contributed by atoms with Crippen LogP contribution < -0.4 is 0 Å². The van der Waals surface area contributed by atoms with Crippen LogP contribution in [0.4, 0.5) is 0 Å². The zero-order valence-corrected chi connectivity index (χ0v) is 21.6. The van der Waals surface area contributed by atoms with Crippen LogP contribution in [-0.2, 0) is 33.3 Å². The minimum Gasteiger partial charge on any atom is -0.467 e. The number of hydrogen-bond acceptors (Lipinski definition) is 11. The Morgan fingerprint density at radius 2 is 1.78 bits per heavy atom. The lowest BCUT2D eigenvalue weighted by molar-refractivity contribution is -0.307. The lowest BCUT2D eigenvalue weighted by atomic mass is 9.37. The predicted octanol–water partition coefficient (Wildman–Crippen LogP) is -0.526. The van der Waals surface area contributed by atoms with Gasteiger partial charge in [-0.05, 0) is 43.9 Å². The van der Waals surface area contributed by atoms with Crippen LogP contribution in [0.3, 0.4) is 0 Å². The average molecular weight is 525 g/mol. The standard InChI is InChI=1S/C26H36O11/c1-10(2)6-15(28)37-18-20-25-9-35-26(20,23(33)34-5)21(31)17(30)19(25)24(4)8-13(27)16(29)11(3)12(24)7-14(25)36-22(18)32/h6,11-14,16-21,27,29-31H,7-9H2,1-5H3/t11-,12-,13+,14+,16-,17+,18+,19?,20+,21-,24-,25+,26-/m0/s1. The van der Waals surface area contributed by atoms with Crippen LogP contribution >= 0.6 is 0 Å². The van der Waals surface area contributed by atoms with Crippen molar-refractivity contribution in [3.05, 3.63) is 11.6 Å². The molecule has 0 aromatic heterocycles. The molecule has 2 saturated heterocycles. The number of hydrogen-bond donors (Lipinski definition) is 4. The fourth-order valence-electron chi connectivity index (χ4n) is 8.82. The Hall–Kier alpha value is -2.05. The van der Waals surface area contributed by atoms with Crippen molar-refractivity contribution >= 4 is 17.9 Å². The molecule has 2 bridgehead atoms. The summed E-state index contributed by atoms with van der Waals surface area (Å²) >= 11 is 0. The molecular formula is C26H36O11. The molecule has 0 aromatic carbocycles. The highest BCUT2D eigenvalue weighted by atomic mass is 16.6. The Balaban J connectivity index is 1.71. The number of carbonyl (C=O) groups excluding carboxylic acids is 3. The van der Waals surface area contributed by atoms with E-state index in [1.165, 1.54) is 6.08 Å². The zero-order chi connectivity index (χ0) is 27.2. The van der Waals surface area contributed by atoms with Crippen LogP contribution in [0.2, 0.25) is 0 Å². The molecule has 11 nitrogen and oxygen atoms in total. The Morgan fingerprint density at radius 1 is 1.11 bits per heavy atom. The van der Waals surface area contributed by atoms with E-state index in [1.807, 2.05) is 6.92 Å². The van der Waals surface area contributed by atoms with E-state index < -0.39 is 88.7 Å². The zero-order valence-electron chi connectivity index (χ0n) is 21.6. The smallest absolute Gasteiger partial charge is 0.348 e. The topological polar surface area (TPSA) is 169 Å². The van der Waals surface area contributed by atoms with E-state index in [0.29, 0.717) is 5.57 Å². The van der Waals surface area contributed by atoms with Crippen LogP contribution in [0.5, 0.6) is 0 Å². The normalized spacial score (nSPS) is 51.8. The van der Waals surface area contributed by atoms with Gasteiger partial charge in [0.15, 0.2) is 0 Å². The highest BCUT2D eigenvalue weighted by Crippen LogP contribution is 2.73. The van der Waals surface area contributed by atoms with Gasteiger partial charge in [0, 0.05) is 17.4 Å². The van der Waals surface area contributed by atoms with Gasteiger partial charge in [-0.25, -0.2) is 14.4 Å². The molecule has 0 amide bonds. The fraction of sp³-hybridized carbons (Fsp3) is 0.808. The summed E-state index contributed by atoms with van der Waals surface area (Å²) in [5.41, 5.74) is -3.63. The number of aliphatic hydroxyl groups excluding tert-OH is 4. The maximum atomic E-state index is 13.4. The van der Waals surface area contributed by atoms with Gasteiger partial charge in [0.1, 0.15) is 12.2 Å². The molecule has 5 rings (SSSR count). The van der Waals surface area contributed by atoms with Crippen molar-refractivity contribution in [2.45, 2.75) is 82.8 Å². The number of ether oxygens (including phenoxy) is 4. The summed E-state index contributed by atoms with van der Waals surface area (Å²) < 4.78 is 22.6. The van der Waals surface area contributed by atoms with Gasteiger partial charge in [-0.1, -0.05) is 19.4 Å². The molecule has 2 aliphatic heterocycles. The largest absolute Gasteiger partial charge is 0.467 e. The number of rotatable bonds is 3. The van der Waals surface area contributed by atoms with E-state index in [9.17, 15) is 34.8 Å². The average Bonchev–Trinajstić information content (AvgIpc) is 3.12. The van der Waals surface area contributed by atoms with Gasteiger partial charge in [-0.3, -0.25) is 0 Å². The van der Waals surface area contributed by atoms with Crippen molar-refractivity contribution in [3.8, 4) is 0 Å². The van der Waals surface area contributed by atoms with E-state index in [1.54, 1.807) is 20.8 Å². The Bertz CT molecular complexity index is 1040. The first-order chi connectivity index (χ1) is 17.3. The Labute approximate surface area is 214 Å². The second-order valence-electron chi connectivity index (χ2n) is 12.1. The third-order valence-electron chi connectivity index (χ3n) is 10.1. The quantitative estimate of drug-likeness (QED) is 0.213. The maximum Gasteiger partial charge on any atom is 0.348 e. The molecule has 4 N–H and O–H groups in total. The molecule has 2 heterocycles. The van der Waals surface area contributed by atoms with Crippen molar-refractivity contribution in [2.24, 2.45) is 34.5 Å². The van der Waals surface area contributed by atoms with Gasteiger partial charge in [0.05, 0.1) is 37.9 Å². The highest BCUT2D eigenvalue weighted by Gasteiger charge is 2.85. The summed E-state index contributed by atoms with van der Waals surface area (Å²) in [7, 11) is 1.11. The van der Waals surface area contributed by atoms with Crippen molar-refractivity contribution in [2.75, 3.05) is 13.7 Å². The minimum atomic E-state index is -2.18. The lowest BCUT2D eigenvalue weighted by Crippen LogP contribution is -2.80. The highest BCUT2D eigenvalue weighted by molar-refractivity contribution is 5.89. The van der Waals surface area contributed by atoms with Gasteiger partial charge < -0.3 is 39.4 Å². The number of methoxy groups -OCH3 is 1. The van der Waals surface area contributed by atoms with Crippen molar-refractivity contribution in [3.63, 3.8) is 0 Å². The third-order valence-corrected chi connectivity index (χ3v) is 10.1. The van der Waals surface area contributed by atoms with Gasteiger partial charge in [0.25, 0.3) is 0 Å². The summed E-state index contributed by atoms with van der Waals surface area (Å²) in [4.78, 5) is 39.4. The predicted molar refractivity (Wildman–Crippen MR) is 123 cm³/mol. The van der Waals surface area contributed by atoms with Gasteiger partial charge in [-0.15, -0.1) is 0 Å². The summed E-state index contributed by atoms with van der Waals surface area (Å²) in [6, 6.07) is 0. The van der Waals surface area contributed by atoms with E-state index in [0.717, 1.165) is 7.11 Å². The Kier molecular flexibility index (Phi) is 6.08. The number of aliphatic hydroxyl groups is 4. The van der Waals surface area contributed by atoms with Gasteiger partial charge >= 0.3 is 17.9 Å². The molecule has 3 saturated carbocycles. The first-order valence-electron chi connectivity index (χ1n) is 12.8. The lowest BCUT2D eigenvalue weighted by Gasteiger charge is -2.69. The van der Waals surface area contributed by atoms with Crippen molar-refractivity contribution in [1.82, 2.24) is 0 Å². The second kappa shape index (κ2) is 8.47. The van der Waals surface area contributed by atoms with Gasteiger partial charge in [0.2, 0.25) is 11.7 Å². The fourth-order valence-corrected chi connectivity index (χ4v) is 8.82. The van der Waals surface area contributed by atoms with E-state index in [2.05, 4.69) is 0 Å². The van der Waals surface area contributed by atoms with Crippen LogP contribution in [0.1, 0.15) is 40.5 Å². The Morgan fingerprint density at radius 3 is 2.41 bits per heavy atom. The van der Waals surface area contributed by atoms with Gasteiger partial charge in [-0.2, -0.15) is 0 Å². The molecule has 0 radical (unpaired) electrons. The summed E-state index contributed by atoms with van der Waals surface area (Å²) in [5.74, 6) is -5.43. The first-order valence-corrected chi connectivity index (χ1v) is 12.8. The number of carbonyl (C=O) groups is 3. The molecule has 5 aliphatic rings. The van der Waals surface area contributed by atoms with Crippen molar-refractivity contribution < 1.29 is 53.8 Å². The monoisotopic (exact) mass is 524 g/mol. The molecule has 3 aliphatic carbocycles. The van der Waals surface area contributed by atoms with Crippen LogP contribution in [0, 0.1) is 34.5 Å². The maximum absolute atomic E-state index is 13.4. The van der Waals surface area contributed by atoms with E-state index in [-0.39, 0.29) is 25.4 Å². The molecule has 1 unspecified atom stereocenters. The van der Waals surface area contributed by atoms with Crippen LogP contribution in [0.15, 0.2) is 11.6 Å². The number of allylic oxidation sites excluding steroid dienone is 1. The molecular weight excluding hydrogens is 488 g/mol. The summed E-state index contributed by atoms with van der Waals surface area (Å²) in [6.45, 7) is 6.88. The molecule has 13 atom stereocenters. The molecule has 0 aromatic rings. The SMILES string of the molecule is COC(=O)[C@@]12OC[C@]34C([C@@H](O)[C@@H]1O)[C@@]1(C)C[C@@H](O)[C@@H](O)[C@@H](C)[C@@H]1C[C@H]3OC(=O)[C@H](OC(=O)C=C(C)C)[C@@H]24. The van der Waals surface area contributed by atoms with Crippen LogP contribution in [0.25, 0.3) is 0 Å². The molecule has 5 fully saturated rings. The number of fused-ring (bicyclic) bond motifs is 2. The third kappa shape index (κ3) is 3.21. The summed E-state index contributed by atoms with van der Waals surface area (Å²) in [6.07, 6.45) is -6.32. The second-order valence-corrected chi connectivity index (χ2v) is 12.1. The first kappa shape index (κ1) is 26.6. The number of esters is 3. The molecule has 1 spiro atoms.